The molecule has 1 rings (SSSR count). The highest BCUT2D eigenvalue weighted by molar-refractivity contribution is 5.81. The molecule has 2 atom stereocenters. The van der Waals surface area contributed by atoms with Crippen LogP contribution in [0.25, 0.3) is 0 Å². The van der Waals surface area contributed by atoms with E-state index in [1.54, 1.807) is 0 Å². The van der Waals surface area contributed by atoms with Crippen LogP contribution in [0.3, 0.4) is 0 Å². The quantitative estimate of drug-likeness (QED) is 0.708. The van der Waals surface area contributed by atoms with Crippen LogP contribution in [0, 0.1) is 11.8 Å². The Morgan fingerprint density at radius 2 is 2.00 bits per heavy atom. The molecule has 0 aromatic heterocycles. The van der Waals surface area contributed by atoms with Gasteiger partial charge in [-0.05, 0) is 11.8 Å². The smallest absolute Gasteiger partial charge is 0.407 e. The molecule has 0 aromatic rings. The standard InChI is InChI=1S/C16H30N2O5/c1-11(2)8-18-6-7-22-13(9-18)10-23-15(19)14(12(3)4)17-16(20)21-5/h11-14H,6-10H2,1-5H3,(H,17,20)/t13-,14-/m0/s1. The van der Waals surface area contributed by atoms with Crippen molar-refractivity contribution in [1.29, 1.82) is 0 Å². The maximum atomic E-state index is 12.2. The lowest BCUT2D eigenvalue weighted by Crippen LogP contribution is -2.48. The number of nitrogens with one attached hydrogen (secondary N) is 1. The first-order chi connectivity index (χ1) is 10.8. The summed E-state index contributed by atoms with van der Waals surface area (Å²) in [7, 11) is 1.26. The molecule has 134 valence electrons. The fraction of sp³-hybridized carbons (Fsp3) is 0.875. The van der Waals surface area contributed by atoms with Crippen LogP contribution in [0.1, 0.15) is 27.7 Å². The van der Waals surface area contributed by atoms with Gasteiger partial charge in [-0.3, -0.25) is 4.90 Å². The topological polar surface area (TPSA) is 77.1 Å². The Labute approximate surface area is 138 Å². The van der Waals surface area contributed by atoms with Crippen molar-refractivity contribution in [3.8, 4) is 0 Å². The molecule has 0 spiro atoms. The Kier molecular flexibility index (Phi) is 8.33. The van der Waals surface area contributed by atoms with Crippen LogP contribution in [0.4, 0.5) is 4.79 Å². The minimum atomic E-state index is -0.724. The number of esters is 1. The van der Waals surface area contributed by atoms with Crippen LogP contribution in [0.2, 0.25) is 0 Å². The van der Waals surface area contributed by atoms with Crippen LogP contribution in [-0.4, -0.2) is 69.1 Å². The third-order valence-electron chi connectivity index (χ3n) is 3.64. The van der Waals surface area contributed by atoms with Crippen molar-refractivity contribution < 1.29 is 23.8 Å². The predicted octanol–water partition coefficient (Wildman–Crippen LogP) is 1.27. The molecule has 7 heteroatoms. The van der Waals surface area contributed by atoms with E-state index in [0.29, 0.717) is 12.5 Å². The molecular weight excluding hydrogens is 300 g/mol. The second-order valence-corrected chi connectivity index (χ2v) is 6.63. The van der Waals surface area contributed by atoms with Crippen molar-refractivity contribution in [2.45, 2.75) is 39.8 Å². The summed E-state index contributed by atoms with van der Waals surface area (Å²) in [5.41, 5.74) is 0. The number of hydrogen-bond acceptors (Lipinski definition) is 6. The van der Waals surface area contributed by atoms with Gasteiger partial charge in [-0.25, -0.2) is 9.59 Å². The van der Waals surface area contributed by atoms with E-state index < -0.39 is 18.1 Å². The second-order valence-electron chi connectivity index (χ2n) is 6.63. The zero-order valence-electron chi connectivity index (χ0n) is 14.8. The maximum absolute atomic E-state index is 12.2. The Morgan fingerprint density at radius 1 is 1.30 bits per heavy atom. The molecule has 1 fully saturated rings. The predicted molar refractivity (Wildman–Crippen MR) is 86.1 cm³/mol. The zero-order valence-corrected chi connectivity index (χ0v) is 14.8. The number of carbonyl (C=O) groups excluding carboxylic acids is 2. The zero-order chi connectivity index (χ0) is 17.4. The van der Waals surface area contributed by atoms with Crippen LogP contribution in [-0.2, 0) is 19.0 Å². The molecule has 0 bridgehead atoms. The first kappa shape index (κ1) is 19.7. The minimum Gasteiger partial charge on any atom is -0.461 e. The van der Waals surface area contributed by atoms with Crippen LogP contribution in [0.5, 0.6) is 0 Å². The highest BCUT2D eigenvalue weighted by Gasteiger charge is 2.28. The summed E-state index contributed by atoms with van der Waals surface area (Å²) >= 11 is 0. The van der Waals surface area contributed by atoms with E-state index in [4.69, 9.17) is 9.47 Å². The van der Waals surface area contributed by atoms with Gasteiger partial charge in [-0.2, -0.15) is 0 Å². The Hall–Kier alpha value is -1.34. The molecule has 1 amide bonds. The van der Waals surface area contributed by atoms with Crippen molar-refractivity contribution in [2.75, 3.05) is 40.0 Å². The fourth-order valence-corrected chi connectivity index (χ4v) is 2.51. The molecule has 23 heavy (non-hydrogen) atoms. The molecule has 1 aliphatic rings. The van der Waals surface area contributed by atoms with Gasteiger partial charge >= 0.3 is 12.1 Å². The number of methoxy groups -OCH3 is 1. The van der Waals surface area contributed by atoms with Gasteiger partial charge in [0.25, 0.3) is 0 Å². The van der Waals surface area contributed by atoms with Crippen molar-refractivity contribution in [2.24, 2.45) is 11.8 Å². The summed E-state index contributed by atoms with van der Waals surface area (Å²) in [6.45, 7) is 11.5. The molecule has 0 aliphatic carbocycles. The van der Waals surface area contributed by atoms with Gasteiger partial charge < -0.3 is 19.5 Å². The third kappa shape index (κ3) is 7.18. The van der Waals surface area contributed by atoms with Gasteiger partial charge in [-0.15, -0.1) is 0 Å². The van der Waals surface area contributed by atoms with Gasteiger partial charge in [-0.1, -0.05) is 27.7 Å². The van der Waals surface area contributed by atoms with E-state index in [2.05, 4.69) is 28.8 Å². The molecule has 7 nitrogen and oxygen atoms in total. The molecule has 1 N–H and O–H groups in total. The largest absolute Gasteiger partial charge is 0.461 e. The monoisotopic (exact) mass is 330 g/mol. The summed E-state index contributed by atoms with van der Waals surface area (Å²) < 4.78 is 15.5. The molecular formula is C16H30N2O5. The number of morpholine rings is 1. The van der Waals surface area contributed by atoms with Crippen molar-refractivity contribution in [1.82, 2.24) is 10.2 Å². The lowest BCUT2D eigenvalue weighted by atomic mass is 10.1. The number of alkyl carbamates (subject to hydrolysis) is 1. The maximum Gasteiger partial charge on any atom is 0.407 e. The van der Waals surface area contributed by atoms with Crippen molar-refractivity contribution >= 4 is 12.1 Å². The van der Waals surface area contributed by atoms with E-state index in [1.165, 1.54) is 7.11 Å². The van der Waals surface area contributed by atoms with E-state index in [-0.39, 0.29) is 18.6 Å². The molecule has 0 saturated carbocycles. The molecule has 1 saturated heterocycles. The first-order valence-corrected chi connectivity index (χ1v) is 8.18. The molecule has 0 radical (unpaired) electrons. The van der Waals surface area contributed by atoms with Crippen LogP contribution >= 0.6 is 0 Å². The Morgan fingerprint density at radius 3 is 2.57 bits per heavy atom. The minimum absolute atomic E-state index is 0.0914. The first-order valence-electron chi connectivity index (χ1n) is 8.18. The van der Waals surface area contributed by atoms with E-state index >= 15 is 0 Å². The number of hydrogen-bond donors (Lipinski definition) is 1. The number of carbonyl (C=O) groups is 2. The van der Waals surface area contributed by atoms with Gasteiger partial charge in [0.1, 0.15) is 18.8 Å². The summed E-state index contributed by atoms with van der Waals surface area (Å²) in [5.74, 6) is 0.0344. The molecule has 1 aliphatic heterocycles. The van der Waals surface area contributed by atoms with Crippen molar-refractivity contribution in [3.05, 3.63) is 0 Å². The number of amides is 1. The molecule has 0 unspecified atom stereocenters. The lowest BCUT2D eigenvalue weighted by Gasteiger charge is -2.33. The summed E-state index contributed by atoms with van der Waals surface area (Å²) in [4.78, 5) is 25.8. The fourth-order valence-electron chi connectivity index (χ4n) is 2.51. The number of ether oxygens (including phenoxy) is 3. The van der Waals surface area contributed by atoms with Gasteiger partial charge in [0.2, 0.25) is 0 Å². The van der Waals surface area contributed by atoms with Crippen LogP contribution in [0.15, 0.2) is 0 Å². The summed E-state index contributed by atoms with van der Waals surface area (Å²) in [5, 5.41) is 2.50. The number of nitrogens with zero attached hydrogens (tertiary/aromatic N) is 1. The van der Waals surface area contributed by atoms with Gasteiger partial charge in [0, 0.05) is 19.6 Å². The normalized spacial score (nSPS) is 20.4. The summed E-state index contributed by atoms with van der Waals surface area (Å²) in [6, 6.07) is -0.724. The second kappa shape index (κ2) is 9.72. The average Bonchev–Trinajstić information content (AvgIpc) is 2.49. The van der Waals surface area contributed by atoms with Crippen LogP contribution < -0.4 is 5.32 Å². The Bertz CT molecular complexity index is 387. The third-order valence-corrected chi connectivity index (χ3v) is 3.64. The van der Waals surface area contributed by atoms with Gasteiger partial charge in [0.05, 0.1) is 13.7 Å². The van der Waals surface area contributed by atoms with Crippen molar-refractivity contribution in [3.63, 3.8) is 0 Å². The van der Waals surface area contributed by atoms with E-state index in [1.807, 2.05) is 13.8 Å². The highest BCUT2D eigenvalue weighted by atomic mass is 16.6. The molecule has 0 aromatic carbocycles. The highest BCUT2D eigenvalue weighted by Crippen LogP contribution is 2.10. The van der Waals surface area contributed by atoms with Gasteiger partial charge in [0.15, 0.2) is 0 Å². The van der Waals surface area contributed by atoms with E-state index in [0.717, 1.165) is 19.6 Å². The number of rotatable bonds is 7. The average molecular weight is 330 g/mol. The summed E-state index contributed by atoms with van der Waals surface area (Å²) in [6.07, 6.45) is -0.768. The Balaban J connectivity index is 2.45. The molecule has 1 heterocycles. The SMILES string of the molecule is COC(=O)N[C@H](C(=O)OC[C@@H]1CN(CC(C)C)CCO1)C(C)C. The van der Waals surface area contributed by atoms with E-state index in [9.17, 15) is 9.59 Å². The lowest BCUT2D eigenvalue weighted by molar-refractivity contribution is -0.154.